The van der Waals surface area contributed by atoms with Crippen LogP contribution in [0.2, 0.25) is 0 Å². The largest absolute Gasteiger partial charge is 0.418 e. The molecule has 0 fully saturated rings. The lowest BCUT2D eigenvalue weighted by atomic mass is 10.1. The zero-order chi connectivity index (χ0) is 15.5. The van der Waals surface area contributed by atoms with E-state index in [1.165, 1.54) is 18.2 Å². The van der Waals surface area contributed by atoms with Crippen molar-refractivity contribution in [2.45, 2.75) is 12.6 Å². The molecule has 0 atom stereocenters. The van der Waals surface area contributed by atoms with Gasteiger partial charge in [-0.2, -0.15) is 18.4 Å². The number of nitrogens with two attached hydrogens (primary N) is 1. The van der Waals surface area contributed by atoms with E-state index in [0.717, 1.165) is 6.07 Å². The van der Waals surface area contributed by atoms with Crippen molar-refractivity contribution in [3.8, 4) is 6.07 Å². The second-order valence-electron chi connectivity index (χ2n) is 4.42. The first-order valence-electron chi connectivity index (χ1n) is 6.10. The molecule has 2 rings (SSSR count). The third-order valence-corrected chi connectivity index (χ3v) is 2.92. The van der Waals surface area contributed by atoms with Crippen molar-refractivity contribution < 1.29 is 13.2 Å². The third-order valence-electron chi connectivity index (χ3n) is 2.92. The molecule has 0 bridgehead atoms. The average molecular weight is 291 g/mol. The van der Waals surface area contributed by atoms with E-state index in [1.807, 2.05) is 6.07 Å². The number of alkyl halides is 3. The van der Waals surface area contributed by atoms with Crippen molar-refractivity contribution in [2.75, 3.05) is 11.1 Å². The first-order valence-corrected chi connectivity index (χ1v) is 6.10. The van der Waals surface area contributed by atoms with Gasteiger partial charge in [0.15, 0.2) is 0 Å². The Labute approximate surface area is 119 Å². The van der Waals surface area contributed by atoms with Crippen molar-refractivity contribution in [2.24, 2.45) is 0 Å². The van der Waals surface area contributed by atoms with Gasteiger partial charge in [0.2, 0.25) is 0 Å². The Morgan fingerprint density at radius 3 is 2.52 bits per heavy atom. The van der Waals surface area contributed by atoms with Crippen molar-refractivity contribution in [1.82, 2.24) is 0 Å². The van der Waals surface area contributed by atoms with Crippen LogP contribution in [0.1, 0.15) is 11.1 Å². The Morgan fingerprint density at radius 2 is 1.86 bits per heavy atom. The van der Waals surface area contributed by atoms with Gasteiger partial charge in [-0.3, -0.25) is 0 Å². The summed E-state index contributed by atoms with van der Waals surface area (Å²) in [6, 6.07) is 11.9. The lowest BCUT2D eigenvalue weighted by molar-refractivity contribution is -0.136. The molecule has 2 aromatic rings. The van der Waals surface area contributed by atoms with Crippen LogP contribution < -0.4 is 11.1 Å². The molecule has 0 saturated carbocycles. The van der Waals surface area contributed by atoms with Gasteiger partial charge < -0.3 is 11.1 Å². The van der Waals surface area contributed by atoms with E-state index in [4.69, 9.17) is 11.0 Å². The van der Waals surface area contributed by atoms with E-state index >= 15 is 0 Å². The van der Waals surface area contributed by atoms with E-state index in [2.05, 4.69) is 5.32 Å². The monoisotopic (exact) mass is 291 g/mol. The molecule has 0 aliphatic carbocycles. The van der Waals surface area contributed by atoms with Crippen molar-refractivity contribution in [3.63, 3.8) is 0 Å². The summed E-state index contributed by atoms with van der Waals surface area (Å²) in [5, 5.41) is 11.4. The molecule has 0 radical (unpaired) electrons. The third kappa shape index (κ3) is 3.45. The minimum atomic E-state index is -4.44. The average Bonchev–Trinajstić information content (AvgIpc) is 2.42. The number of nitrogens with zero attached hydrogens (tertiary/aromatic N) is 1. The molecule has 21 heavy (non-hydrogen) atoms. The van der Waals surface area contributed by atoms with Crippen molar-refractivity contribution in [3.05, 3.63) is 53.6 Å². The van der Waals surface area contributed by atoms with E-state index in [-0.39, 0.29) is 12.1 Å². The van der Waals surface area contributed by atoms with Gasteiger partial charge in [0, 0.05) is 11.4 Å². The molecule has 0 saturated heterocycles. The number of halogens is 3. The molecule has 2 aromatic carbocycles. The van der Waals surface area contributed by atoms with Gasteiger partial charge in [-0.1, -0.05) is 12.1 Å². The van der Waals surface area contributed by atoms with Crippen LogP contribution in [-0.4, -0.2) is 0 Å². The summed E-state index contributed by atoms with van der Waals surface area (Å²) in [5.74, 6) is 0. The van der Waals surface area contributed by atoms with Gasteiger partial charge in [-0.15, -0.1) is 0 Å². The lowest BCUT2D eigenvalue weighted by Gasteiger charge is -2.15. The van der Waals surface area contributed by atoms with Crippen LogP contribution in [-0.2, 0) is 12.6 Å². The highest BCUT2D eigenvalue weighted by molar-refractivity contribution is 5.67. The maximum atomic E-state index is 12.9. The molecule has 0 aliphatic rings. The Kier molecular flexibility index (Phi) is 4.03. The first-order chi connectivity index (χ1) is 9.91. The van der Waals surface area contributed by atoms with Crippen LogP contribution in [0.15, 0.2) is 42.5 Å². The van der Waals surface area contributed by atoms with Crippen LogP contribution in [0.5, 0.6) is 0 Å². The highest BCUT2D eigenvalue weighted by Crippen LogP contribution is 2.36. The first kappa shape index (κ1) is 14.7. The molecular formula is C15H12F3N3. The minimum absolute atomic E-state index is 0.0438. The van der Waals surface area contributed by atoms with Gasteiger partial charge in [-0.25, -0.2) is 0 Å². The Hall–Kier alpha value is -2.68. The number of nitriles is 1. The minimum Gasteiger partial charge on any atom is -0.398 e. The van der Waals surface area contributed by atoms with Gasteiger partial charge in [0.25, 0.3) is 0 Å². The molecule has 108 valence electrons. The number of nitrogens with one attached hydrogen (secondary N) is 1. The number of anilines is 3. The molecule has 6 heteroatoms. The maximum Gasteiger partial charge on any atom is 0.418 e. The van der Waals surface area contributed by atoms with Crippen LogP contribution in [0.25, 0.3) is 0 Å². The van der Waals surface area contributed by atoms with Crippen LogP contribution >= 0.6 is 0 Å². The number of hydrogen-bond acceptors (Lipinski definition) is 3. The molecule has 3 nitrogen and oxygen atoms in total. The molecule has 0 unspecified atom stereocenters. The summed E-state index contributed by atoms with van der Waals surface area (Å²) >= 11 is 0. The summed E-state index contributed by atoms with van der Waals surface area (Å²) in [6.45, 7) is 0. The van der Waals surface area contributed by atoms with E-state index in [9.17, 15) is 13.2 Å². The smallest absolute Gasteiger partial charge is 0.398 e. The Bertz CT molecular complexity index is 687. The van der Waals surface area contributed by atoms with Gasteiger partial charge >= 0.3 is 6.18 Å². The molecule has 0 aliphatic heterocycles. The number of rotatable bonds is 3. The molecule has 0 aromatic heterocycles. The second kappa shape index (κ2) is 5.75. The second-order valence-corrected chi connectivity index (χ2v) is 4.42. The van der Waals surface area contributed by atoms with Crippen LogP contribution in [0.4, 0.5) is 30.2 Å². The standard InChI is InChI=1S/C15H12F3N3/c16-15(17,18)12-3-1-2-4-14(12)21-11-5-6-13(20)10(9-11)7-8-19/h1-6,9,21H,7,20H2. The number of para-hydroxylation sites is 1. The predicted octanol–water partition coefficient (Wildman–Crippen LogP) is 4.10. The van der Waals surface area contributed by atoms with Gasteiger partial charge in [0.1, 0.15) is 0 Å². The zero-order valence-electron chi connectivity index (χ0n) is 10.9. The maximum absolute atomic E-state index is 12.9. The SMILES string of the molecule is N#CCc1cc(Nc2ccccc2C(F)(F)F)ccc1N. The lowest BCUT2D eigenvalue weighted by Crippen LogP contribution is -2.08. The summed E-state index contributed by atoms with van der Waals surface area (Å²) in [5.41, 5.74) is 6.38. The van der Waals surface area contributed by atoms with E-state index < -0.39 is 11.7 Å². The molecular weight excluding hydrogens is 279 g/mol. The Balaban J connectivity index is 2.35. The highest BCUT2D eigenvalue weighted by Gasteiger charge is 2.33. The molecule has 0 heterocycles. The van der Waals surface area contributed by atoms with Gasteiger partial charge in [-0.05, 0) is 35.9 Å². The Morgan fingerprint density at radius 1 is 1.14 bits per heavy atom. The zero-order valence-corrected chi connectivity index (χ0v) is 10.9. The predicted molar refractivity (Wildman–Crippen MR) is 74.9 cm³/mol. The van der Waals surface area contributed by atoms with E-state index in [1.54, 1.807) is 18.2 Å². The van der Waals surface area contributed by atoms with Crippen molar-refractivity contribution in [1.29, 1.82) is 5.26 Å². The molecule has 0 amide bonds. The topological polar surface area (TPSA) is 61.8 Å². The summed E-state index contributed by atoms with van der Waals surface area (Å²) in [6.07, 6.45) is -4.34. The van der Waals surface area contributed by atoms with Crippen LogP contribution in [0.3, 0.4) is 0 Å². The fourth-order valence-corrected chi connectivity index (χ4v) is 1.92. The number of benzene rings is 2. The van der Waals surface area contributed by atoms with Gasteiger partial charge in [0.05, 0.1) is 23.7 Å². The normalized spacial score (nSPS) is 11.0. The highest BCUT2D eigenvalue weighted by atomic mass is 19.4. The summed E-state index contributed by atoms with van der Waals surface area (Å²) < 4.78 is 38.7. The summed E-state index contributed by atoms with van der Waals surface area (Å²) in [7, 11) is 0. The van der Waals surface area contributed by atoms with Crippen molar-refractivity contribution >= 4 is 17.1 Å². The molecule has 0 spiro atoms. The van der Waals surface area contributed by atoms with E-state index in [0.29, 0.717) is 16.9 Å². The van der Waals surface area contributed by atoms with Crippen LogP contribution in [0, 0.1) is 11.3 Å². The molecule has 3 N–H and O–H groups in total. The summed E-state index contributed by atoms with van der Waals surface area (Å²) in [4.78, 5) is 0. The number of hydrogen-bond donors (Lipinski definition) is 2. The number of nitrogen functional groups attached to an aromatic ring is 1. The fourth-order valence-electron chi connectivity index (χ4n) is 1.92. The fraction of sp³-hybridized carbons (Fsp3) is 0.133. The quantitative estimate of drug-likeness (QED) is 0.837.